The van der Waals surface area contributed by atoms with Gasteiger partial charge >= 0.3 is 5.69 Å². The molecule has 0 bridgehead atoms. The topological polar surface area (TPSA) is 54.9 Å². The van der Waals surface area contributed by atoms with E-state index < -0.39 is 5.69 Å². The van der Waals surface area contributed by atoms with Gasteiger partial charge in [0.15, 0.2) is 0 Å². The Morgan fingerprint density at radius 3 is 2.58 bits per heavy atom. The van der Waals surface area contributed by atoms with Gasteiger partial charge in [-0.15, -0.1) is 0 Å². The predicted octanol–water partition coefficient (Wildman–Crippen LogP) is 3.20. The highest BCUT2D eigenvalue weighted by atomic mass is 79.9. The highest BCUT2D eigenvalue weighted by Crippen LogP contribution is 2.24. The van der Waals surface area contributed by atoms with Crippen molar-refractivity contribution < 1.29 is 0 Å². The fourth-order valence-electron chi connectivity index (χ4n) is 1.89. The van der Waals surface area contributed by atoms with Gasteiger partial charge < -0.3 is 0 Å². The van der Waals surface area contributed by atoms with Gasteiger partial charge in [-0.2, -0.15) is 0 Å². The second kappa shape index (κ2) is 5.35. The highest BCUT2D eigenvalue weighted by Gasteiger charge is 2.16. The fraction of sp³-hybridized carbons (Fsp3) is 0.231. The number of rotatable bonds is 2. The lowest BCUT2D eigenvalue weighted by Crippen LogP contribution is -2.37. The lowest BCUT2D eigenvalue weighted by atomic mass is 10.1. The van der Waals surface area contributed by atoms with Crippen LogP contribution < -0.4 is 11.2 Å². The molecule has 0 saturated carbocycles. The van der Waals surface area contributed by atoms with E-state index in [-0.39, 0.29) is 16.8 Å². The SMILES string of the molecule is CC(C)n1c(=O)[nH]c(Cl)c(-c2cccc(Br)c2)c1=O. The Kier molecular flexibility index (Phi) is 3.96. The number of nitrogens with one attached hydrogen (secondary N) is 1. The Bertz CT molecular complexity index is 734. The van der Waals surface area contributed by atoms with E-state index >= 15 is 0 Å². The number of aromatic nitrogens is 2. The summed E-state index contributed by atoms with van der Waals surface area (Å²) in [5.74, 6) is 0. The molecule has 100 valence electrons. The Hall–Kier alpha value is -1.33. The smallest absolute Gasteiger partial charge is 0.297 e. The van der Waals surface area contributed by atoms with Crippen LogP contribution in [-0.4, -0.2) is 9.55 Å². The number of H-pyrrole nitrogens is 1. The maximum atomic E-state index is 12.4. The molecule has 0 fully saturated rings. The Labute approximate surface area is 123 Å². The molecule has 0 aliphatic rings. The average molecular weight is 344 g/mol. The largest absolute Gasteiger partial charge is 0.329 e. The monoisotopic (exact) mass is 342 g/mol. The number of benzene rings is 1. The van der Waals surface area contributed by atoms with Crippen molar-refractivity contribution in [2.75, 3.05) is 0 Å². The molecular formula is C13H12BrClN2O2. The standard InChI is InChI=1S/C13H12BrClN2O2/c1-7(2)17-12(18)10(11(15)16-13(17)19)8-4-3-5-9(14)6-8/h3-7H,1-2H3,(H,16,19). The average Bonchev–Trinajstić information content (AvgIpc) is 2.27. The summed E-state index contributed by atoms with van der Waals surface area (Å²) in [5, 5.41) is 0.0602. The summed E-state index contributed by atoms with van der Waals surface area (Å²) >= 11 is 9.36. The number of nitrogens with zero attached hydrogens (tertiary/aromatic N) is 1. The second-order valence-corrected chi connectivity index (χ2v) is 5.69. The first-order valence-electron chi connectivity index (χ1n) is 5.72. The van der Waals surface area contributed by atoms with Gasteiger partial charge in [0.25, 0.3) is 5.56 Å². The molecule has 1 aromatic heterocycles. The van der Waals surface area contributed by atoms with Crippen LogP contribution in [0.2, 0.25) is 5.15 Å². The molecule has 19 heavy (non-hydrogen) atoms. The van der Waals surface area contributed by atoms with Gasteiger partial charge in [0.05, 0.1) is 5.56 Å². The minimum absolute atomic E-state index is 0.0602. The van der Waals surface area contributed by atoms with Gasteiger partial charge in [-0.1, -0.05) is 39.7 Å². The maximum absolute atomic E-state index is 12.4. The van der Waals surface area contributed by atoms with Crippen LogP contribution in [0.3, 0.4) is 0 Å². The van der Waals surface area contributed by atoms with E-state index in [1.54, 1.807) is 32.0 Å². The van der Waals surface area contributed by atoms with Crippen LogP contribution in [0.15, 0.2) is 38.3 Å². The summed E-state index contributed by atoms with van der Waals surface area (Å²) in [7, 11) is 0. The number of hydrogen-bond donors (Lipinski definition) is 1. The number of aromatic amines is 1. The molecule has 0 unspecified atom stereocenters. The molecule has 0 aliphatic carbocycles. The highest BCUT2D eigenvalue weighted by molar-refractivity contribution is 9.10. The first-order chi connectivity index (χ1) is 8.91. The first kappa shape index (κ1) is 14.1. The molecule has 0 aliphatic heterocycles. The minimum atomic E-state index is -0.497. The lowest BCUT2D eigenvalue weighted by molar-refractivity contribution is 0.547. The van der Waals surface area contributed by atoms with Crippen molar-refractivity contribution in [3.63, 3.8) is 0 Å². The molecule has 2 rings (SSSR count). The van der Waals surface area contributed by atoms with Crippen LogP contribution >= 0.6 is 27.5 Å². The van der Waals surface area contributed by atoms with Gasteiger partial charge in [-0.05, 0) is 31.5 Å². The third-order valence-electron chi connectivity index (χ3n) is 2.72. The third-order valence-corrected chi connectivity index (χ3v) is 3.49. The van der Waals surface area contributed by atoms with E-state index in [4.69, 9.17) is 11.6 Å². The molecule has 1 heterocycles. The van der Waals surface area contributed by atoms with Crippen molar-refractivity contribution in [3.8, 4) is 11.1 Å². The third kappa shape index (κ3) is 2.67. The predicted molar refractivity (Wildman–Crippen MR) is 79.9 cm³/mol. The van der Waals surface area contributed by atoms with Crippen molar-refractivity contribution in [3.05, 3.63) is 54.7 Å². The molecule has 0 atom stereocenters. The number of hydrogen-bond acceptors (Lipinski definition) is 2. The summed E-state index contributed by atoms with van der Waals surface area (Å²) in [5.41, 5.74) is 0.0805. The Balaban J connectivity index is 2.82. The molecule has 1 N–H and O–H groups in total. The zero-order valence-corrected chi connectivity index (χ0v) is 12.7. The van der Waals surface area contributed by atoms with E-state index in [0.717, 1.165) is 9.04 Å². The van der Waals surface area contributed by atoms with Gasteiger partial charge in [-0.25, -0.2) is 4.79 Å². The summed E-state index contributed by atoms with van der Waals surface area (Å²) in [6.07, 6.45) is 0. The van der Waals surface area contributed by atoms with Crippen LogP contribution in [0.4, 0.5) is 0 Å². The van der Waals surface area contributed by atoms with E-state index in [2.05, 4.69) is 20.9 Å². The maximum Gasteiger partial charge on any atom is 0.329 e. The van der Waals surface area contributed by atoms with Crippen LogP contribution in [0.25, 0.3) is 11.1 Å². The van der Waals surface area contributed by atoms with Crippen molar-refractivity contribution in [2.24, 2.45) is 0 Å². The van der Waals surface area contributed by atoms with Crippen molar-refractivity contribution in [1.29, 1.82) is 0 Å². The van der Waals surface area contributed by atoms with Crippen LogP contribution in [0.5, 0.6) is 0 Å². The van der Waals surface area contributed by atoms with Gasteiger partial charge in [0, 0.05) is 10.5 Å². The van der Waals surface area contributed by atoms with E-state index in [0.29, 0.717) is 11.1 Å². The molecule has 1 aromatic carbocycles. The van der Waals surface area contributed by atoms with Crippen molar-refractivity contribution in [2.45, 2.75) is 19.9 Å². The van der Waals surface area contributed by atoms with E-state index in [1.165, 1.54) is 0 Å². The normalized spacial score (nSPS) is 11.0. The first-order valence-corrected chi connectivity index (χ1v) is 6.89. The summed E-state index contributed by atoms with van der Waals surface area (Å²) in [6, 6.07) is 6.98. The molecule has 0 spiro atoms. The lowest BCUT2D eigenvalue weighted by Gasteiger charge is -2.12. The fourth-order valence-corrected chi connectivity index (χ4v) is 2.56. The quantitative estimate of drug-likeness (QED) is 0.851. The number of halogens is 2. The Morgan fingerprint density at radius 1 is 1.32 bits per heavy atom. The van der Waals surface area contributed by atoms with E-state index in [9.17, 15) is 9.59 Å². The van der Waals surface area contributed by atoms with Crippen LogP contribution in [0, 0.1) is 0 Å². The molecule has 2 aromatic rings. The molecule has 0 amide bonds. The zero-order chi connectivity index (χ0) is 14.2. The molecular weight excluding hydrogens is 332 g/mol. The Morgan fingerprint density at radius 2 is 2.00 bits per heavy atom. The van der Waals surface area contributed by atoms with Gasteiger partial charge in [0.1, 0.15) is 5.15 Å². The summed E-state index contributed by atoms with van der Waals surface area (Å²) < 4.78 is 1.99. The van der Waals surface area contributed by atoms with Gasteiger partial charge in [0.2, 0.25) is 0 Å². The molecule has 0 radical (unpaired) electrons. The van der Waals surface area contributed by atoms with Gasteiger partial charge in [-0.3, -0.25) is 14.3 Å². The van der Waals surface area contributed by atoms with Crippen LogP contribution in [-0.2, 0) is 0 Å². The molecule has 4 nitrogen and oxygen atoms in total. The zero-order valence-electron chi connectivity index (χ0n) is 10.4. The summed E-state index contributed by atoms with van der Waals surface area (Å²) in [6.45, 7) is 3.55. The second-order valence-electron chi connectivity index (χ2n) is 4.40. The minimum Gasteiger partial charge on any atom is -0.297 e. The summed E-state index contributed by atoms with van der Waals surface area (Å²) in [4.78, 5) is 26.7. The van der Waals surface area contributed by atoms with E-state index in [1.807, 2.05) is 6.07 Å². The van der Waals surface area contributed by atoms with Crippen molar-refractivity contribution >= 4 is 27.5 Å². The molecule has 6 heteroatoms. The molecule has 0 saturated heterocycles. The van der Waals surface area contributed by atoms with Crippen molar-refractivity contribution in [1.82, 2.24) is 9.55 Å². The van der Waals surface area contributed by atoms with Crippen LogP contribution in [0.1, 0.15) is 19.9 Å².